The van der Waals surface area contributed by atoms with Crippen LogP contribution in [0.2, 0.25) is 0 Å². The third-order valence-corrected chi connectivity index (χ3v) is 2.53. The number of nitrogens with zero attached hydrogens (tertiary/aromatic N) is 1. The van der Waals surface area contributed by atoms with Gasteiger partial charge in [-0.1, -0.05) is 20.4 Å². The molecular weight excluding hydrogens is 214 g/mol. The van der Waals surface area contributed by atoms with Crippen molar-refractivity contribution in [1.29, 1.82) is 0 Å². The first-order valence-electron chi connectivity index (χ1n) is 6.66. The Labute approximate surface area is 106 Å². The smallest absolute Gasteiger partial charge is 0.333 e. The van der Waals surface area contributed by atoms with Crippen molar-refractivity contribution >= 4 is 5.97 Å². The zero-order valence-corrected chi connectivity index (χ0v) is 11.6. The fourth-order valence-electron chi connectivity index (χ4n) is 1.69. The van der Waals surface area contributed by atoms with Gasteiger partial charge in [-0.25, -0.2) is 4.79 Å². The van der Waals surface area contributed by atoms with Crippen LogP contribution in [-0.4, -0.2) is 37.1 Å². The summed E-state index contributed by atoms with van der Waals surface area (Å²) in [6.07, 6.45) is 4.42. The minimum Gasteiger partial charge on any atom is -0.462 e. The third kappa shape index (κ3) is 8.93. The summed E-state index contributed by atoms with van der Waals surface area (Å²) in [4.78, 5) is 13.6. The number of carbonyl (C=O) groups is 1. The summed E-state index contributed by atoms with van der Waals surface area (Å²) < 4.78 is 5.05. The number of ether oxygens (including phenoxy) is 1. The number of esters is 1. The number of carbonyl (C=O) groups excluding carboxylic acids is 1. The molecule has 0 bridgehead atoms. The second-order valence-electron chi connectivity index (χ2n) is 4.46. The average Bonchev–Trinajstić information content (AvgIpc) is 2.28. The first-order valence-corrected chi connectivity index (χ1v) is 6.66. The fraction of sp³-hybridized carbons (Fsp3) is 0.786. The van der Waals surface area contributed by atoms with Crippen molar-refractivity contribution in [2.75, 3.05) is 26.2 Å². The highest BCUT2D eigenvalue weighted by Gasteiger charge is 2.04. The van der Waals surface area contributed by atoms with E-state index >= 15 is 0 Å². The summed E-state index contributed by atoms with van der Waals surface area (Å²) in [7, 11) is 0. The highest BCUT2D eigenvalue weighted by molar-refractivity contribution is 5.86. The summed E-state index contributed by atoms with van der Waals surface area (Å²) >= 11 is 0. The number of hydrogen-bond acceptors (Lipinski definition) is 3. The molecule has 0 amide bonds. The molecule has 100 valence electrons. The van der Waals surface area contributed by atoms with Gasteiger partial charge in [0.1, 0.15) is 0 Å². The normalized spacial score (nSPS) is 10.6. The van der Waals surface area contributed by atoms with Crippen LogP contribution in [0.5, 0.6) is 0 Å². The second-order valence-corrected chi connectivity index (χ2v) is 4.46. The average molecular weight is 241 g/mol. The van der Waals surface area contributed by atoms with E-state index in [0.29, 0.717) is 12.2 Å². The Morgan fingerprint density at radius 3 is 2.18 bits per heavy atom. The van der Waals surface area contributed by atoms with Gasteiger partial charge in [-0.15, -0.1) is 0 Å². The summed E-state index contributed by atoms with van der Waals surface area (Å²) in [5.41, 5.74) is 0.476. The molecule has 0 rings (SSSR count). The molecule has 0 aliphatic heterocycles. The molecule has 0 spiro atoms. The molecule has 0 aliphatic rings. The van der Waals surface area contributed by atoms with Crippen LogP contribution in [0.25, 0.3) is 0 Å². The maximum absolute atomic E-state index is 11.1. The molecule has 3 heteroatoms. The minimum absolute atomic E-state index is 0.274. The molecular formula is C14H27NO2. The van der Waals surface area contributed by atoms with E-state index in [1.54, 1.807) is 6.92 Å². The van der Waals surface area contributed by atoms with Crippen LogP contribution >= 0.6 is 0 Å². The van der Waals surface area contributed by atoms with Crippen molar-refractivity contribution in [2.45, 2.75) is 46.5 Å². The van der Waals surface area contributed by atoms with Crippen LogP contribution in [0.1, 0.15) is 46.5 Å². The van der Waals surface area contributed by atoms with E-state index in [4.69, 9.17) is 4.74 Å². The Bertz CT molecular complexity index is 220. The fourth-order valence-corrected chi connectivity index (χ4v) is 1.69. The van der Waals surface area contributed by atoms with Crippen LogP contribution < -0.4 is 0 Å². The monoisotopic (exact) mass is 241 g/mol. The van der Waals surface area contributed by atoms with Crippen molar-refractivity contribution in [1.82, 2.24) is 4.90 Å². The van der Waals surface area contributed by atoms with E-state index in [-0.39, 0.29) is 5.97 Å². The molecule has 17 heavy (non-hydrogen) atoms. The summed E-state index contributed by atoms with van der Waals surface area (Å²) in [6, 6.07) is 0. The van der Waals surface area contributed by atoms with Gasteiger partial charge in [0.25, 0.3) is 0 Å². The van der Waals surface area contributed by atoms with Gasteiger partial charge in [0, 0.05) is 5.57 Å². The molecule has 0 radical (unpaired) electrons. The largest absolute Gasteiger partial charge is 0.462 e. The maximum Gasteiger partial charge on any atom is 0.333 e. The highest BCUT2D eigenvalue weighted by Crippen LogP contribution is 2.00. The van der Waals surface area contributed by atoms with E-state index in [0.717, 1.165) is 19.4 Å². The molecule has 0 heterocycles. The lowest BCUT2D eigenvalue weighted by molar-refractivity contribution is -0.139. The molecule has 0 fully saturated rings. The van der Waals surface area contributed by atoms with E-state index < -0.39 is 0 Å². The molecule has 0 aromatic heterocycles. The van der Waals surface area contributed by atoms with Gasteiger partial charge in [0.05, 0.1) is 6.61 Å². The molecule has 0 atom stereocenters. The molecule has 0 N–H and O–H groups in total. The van der Waals surface area contributed by atoms with Crippen molar-refractivity contribution in [3.8, 4) is 0 Å². The molecule has 0 saturated heterocycles. The lowest BCUT2D eigenvalue weighted by atomic mass is 10.2. The highest BCUT2D eigenvalue weighted by atomic mass is 16.5. The van der Waals surface area contributed by atoms with Gasteiger partial charge in [-0.05, 0) is 52.2 Å². The number of hydrogen-bond donors (Lipinski definition) is 0. The van der Waals surface area contributed by atoms with E-state index in [2.05, 4.69) is 25.3 Å². The number of unbranched alkanes of at least 4 members (excludes halogenated alkanes) is 1. The predicted octanol–water partition coefficient (Wildman–Crippen LogP) is 3.01. The Kier molecular flexibility index (Phi) is 9.83. The number of rotatable bonds is 10. The maximum atomic E-state index is 11.1. The zero-order valence-electron chi connectivity index (χ0n) is 11.6. The lowest BCUT2D eigenvalue weighted by Gasteiger charge is -2.20. The Morgan fingerprint density at radius 2 is 1.71 bits per heavy atom. The predicted molar refractivity (Wildman–Crippen MR) is 72.0 cm³/mol. The standard InChI is InChI=1S/C14H27NO2/c1-5-9-15(10-6-2)11-7-8-12-17-14(16)13(3)4/h3,5-12H2,1-2,4H3. The minimum atomic E-state index is -0.274. The van der Waals surface area contributed by atoms with E-state index in [9.17, 15) is 4.79 Å². The van der Waals surface area contributed by atoms with Crippen molar-refractivity contribution in [2.24, 2.45) is 0 Å². The van der Waals surface area contributed by atoms with Gasteiger partial charge < -0.3 is 9.64 Å². The molecule has 0 unspecified atom stereocenters. The van der Waals surface area contributed by atoms with Crippen molar-refractivity contribution in [3.05, 3.63) is 12.2 Å². The van der Waals surface area contributed by atoms with Crippen molar-refractivity contribution in [3.63, 3.8) is 0 Å². The third-order valence-electron chi connectivity index (χ3n) is 2.53. The second kappa shape index (κ2) is 10.3. The molecule has 0 aliphatic carbocycles. The molecule has 0 aromatic carbocycles. The van der Waals surface area contributed by atoms with Gasteiger partial charge >= 0.3 is 5.97 Å². The Hall–Kier alpha value is -0.830. The van der Waals surface area contributed by atoms with E-state index in [1.807, 2.05) is 0 Å². The van der Waals surface area contributed by atoms with Gasteiger partial charge in [0.2, 0.25) is 0 Å². The summed E-state index contributed by atoms with van der Waals surface area (Å²) in [6.45, 7) is 13.6. The first kappa shape index (κ1) is 16.2. The van der Waals surface area contributed by atoms with Gasteiger partial charge in [0.15, 0.2) is 0 Å². The van der Waals surface area contributed by atoms with Crippen molar-refractivity contribution < 1.29 is 9.53 Å². The van der Waals surface area contributed by atoms with Crippen LogP contribution in [0, 0.1) is 0 Å². The van der Waals surface area contributed by atoms with E-state index in [1.165, 1.54) is 25.9 Å². The molecule has 0 aromatic rings. The Balaban J connectivity index is 3.54. The summed E-state index contributed by atoms with van der Waals surface area (Å²) in [5.74, 6) is -0.274. The van der Waals surface area contributed by atoms with Crippen LogP contribution in [0.3, 0.4) is 0 Å². The van der Waals surface area contributed by atoms with Crippen LogP contribution in [-0.2, 0) is 9.53 Å². The van der Waals surface area contributed by atoms with Crippen LogP contribution in [0.15, 0.2) is 12.2 Å². The first-order chi connectivity index (χ1) is 8.11. The zero-order chi connectivity index (χ0) is 13.1. The Morgan fingerprint density at radius 1 is 1.12 bits per heavy atom. The van der Waals surface area contributed by atoms with Gasteiger partial charge in [-0.2, -0.15) is 0 Å². The van der Waals surface area contributed by atoms with Crippen LogP contribution in [0.4, 0.5) is 0 Å². The summed E-state index contributed by atoms with van der Waals surface area (Å²) in [5, 5.41) is 0. The SMILES string of the molecule is C=C(C)C(=O)OCCCCN(CCC)CCC. The quantitative estimate of drug-likeness (QED) is 0.334. The lowest BCUT2D eigenvalue weighted by Crippen LogP contribution is -2.26. The molecule has 3 nitrogen and oxygen atoms in total. The topological polar surface area (TPSA) is 29.5 Å². The molecule has 0 saturated carbocycles. The van der Waals surface area contributed by atoms with Gasteiger partial charge in [-0.3, -0.25) is 0 Å².